The Morgan fingerprint density at radius 1 is 0.676 bits per heavy atom. The van der Waals surface area contributed by atoms with Crippen molar-refractivity contribution in [2.45, 2.75) is 20.4 Å². The van der Waals surface area contributed by atoms with E-state index in [-0.39, 0.29) is 35.5 Å². The van der Waals surface area contributed by atoms with Crippen LogP contribution in [0, 0.1) is 37.5 Å². The van der Waals surface area contributed by atoms with Crippen LogP contribution in [0.1, 0.15) is 27.8 Å². The minimum Gasteiger partial charge on any atom is -0.278 e. The summed E-state index contributed by atoms with van der Waals surface area (Å²) in [5.41, 5.74) is 8.09. The first kappa shape index (κ1) is 20.9. The fourth-order valence-corrected chi connectivity index (χ4v) is 6.02. The topological polar surface area (TPSA) is 37.4 Å². The first-order chi connectivity index (χ1) is 16.5. The van der Waals surface area contributed by atoms with E-state index >= 15 is 0 Å². The summed E-state index contributed by atoms with van der Waals surface area (Å²) >= 11 is 0. The van der Waals surface area contributed by atoms with Crippen molar-refractivity contribution >= 4 is 17.4 Å². The van der Waals surface area contributed by atoms with Gasteiger partial charge < -0.3 is 0 Å². The number of fused-ring (bicyclic) bond motifs is 5. The van der Waals surface area contributed by atoms with Crippen LogP contribution < -0.4 is 0 Å². The summed E-state index contributed by atoms with van der Waals surface area (Å²) in [7, 11) is 0. The molecule has 3 aromatic rings. The highest BCUT2D eigenvalue weighted by atomic mass is 16.2. The molecule has 34 heavy (non-hydrogen) atoms. The predicted molar refractivity (Wildman–Crippen MR) is 133 cm³/mol. The summed E-state index contributed by atoms with van der Waals surface area (Å²) in [4.78, 5) is 28.6. The number of hydrogen-bond donors (Lipinski definition) is 0. The predicted octanol–water partition coefficient (Wildman–Crippen LogP) is 5.72. The van der Waals surface area contributed by atoms with E-state index < -0.39 is 0 Å². The fourth-order valence-electron chi connectivity index (χ4n) is 6.02. The van der Waals surface area contributed by atoms with Crippen molar-refractivity contribution in [3.63, 3.8) is 0 Å². The van der Waals surface area contributed by atoms with Gasteiger partial charge in [-0.05, 0) is 41.7 Å². The quantitative estimate of drug-likeness (QED) is 0.380. The van der Waals surface area contributed by atoms with Crippen molar-refractivity contribution in [3.8, 4) is 0 Å². The summed E-state index contributed by atoms with van der Waals surface area (Å²) < 4.78 is 0. The standard InChI is InChI=1S/C31H27NO2/c1-19-8-12-22(13-9-19)26(23-14-10-20(2)11-15-23)27-24-16-17-25(27)29-28(24)30(33)32(31(29)34)18-21-6-4-3-5-7-21/h3-17,24-25,28-29H,18H2,1-2H3/t24-,25+,28-,29-/m0/s1. The van der Waals surface area contributed by atoms with Crippen molar-refractivity contribution in [1.82, 2.24) is 4.90 Å². The lowest BCUT2D eigenvalue weighted by Crippen LogP contribution is -2.32. The third kappa shape index (κ3) is 3.19. The van der Waals surface area contributed by atoms with Crippen LogP contribution in [0.5, 0.6) is 0 Å². The minimum absolute atomic E-state index is 0.0274. The van der Waals surface area contributed by atoms with E-state index in [0.29, 0.717) is 6.54 Å². The summed E-state index contributed by atoms with van der Waals surface area (Å²) in [6.45, 7) is 4.53. The molecule has 0 aromatic heterocycles. The third-order valence-electron chi connectivity index (χ3n) is 7.66. The lowest BCUT2D eigenvalue weighted by molar-refractivity contribution is -0.141. The number of hydrogen-bond acceptors (Lipinski definition) is 2. The zero-order valence-corrected chi connectivity index (χ0v) is 19.4. The van der Waals surface area contributed by atoms with Crippen LogP contribution in [0.25, 0.3) is 5.57 Å². The Morgan fingerprint density at radius 3 is 1.62 bits per heavy atom. The van der Waals surface area contributed by atoms with E-state index in [4.69, 9.17) is 0 Å². The number of nitrogens with zero attached hydrogens (tertiary/aromatic N) is 1. The highest BCUT2D eigenvalue weighted by molar-refractivity contribution is 6.08. The van der Waals surface area contributed by atoms with Crippen LogP contribution >= 0.6 is 0 Å². The first-order valence-electron chi connectivity index (χ1n) is 12.0. The highest BCUT2D eigenvalue weighted by Gasteiger charge is 2.62. The molecule has 1 saturated heterocycles. The summed E-state index contributed by atoms with van der Waals surface area (Å²) in [5, 5.41) is 0. The molecule has 0 N–H and O–H groups in total. The van der Waals surface area contributed by atoms with E-state index in [1.165, 1.54) is 27.2 Å². The van der Waals surface area contributed by atoms with Gasteiger partial charge in [0, 0.05) is 11.8 Å². The number of imide groups is 1. The number of aryl methyl sites for hydroxylation is 2. The molecule has 2 amide bonds. The summed E-state index contributed by atoms with van der Waals surface area (Å²) in [5.74, 6) is -0.727. The van der Waals surface area contributed by atoms with Gasteiger partial charge in [0.05, 0.1) is 18.4 Å². The van der Waals surface area contributed by atoms with Crippen molar-refractivity contribution in [1.29, 1.82) is 0 Å². The molecular weight excluding hydrogens is 418 g/mol. The number of amides is 2. The smallest absolute Gasteiger partial charge is 0.234 e. The highest BCUT2D eigenvalue weighted by Crippen LogP contribution is 2.58. The van der Waals surface area contributed by atoms with Gasteiger partial charge in [-0.2, -0.15) is 0 Å². The van der Waals surface area contributed by atoms with E-state index in [1.807, 2.05) is 30.3 Å². The molecule has 0 radical (unpaired) electrons. The van der Waals surface area contributed by atoms with Crippen LogP contribution in [-0.4, -0.2) is 16.7 Å². The van der Waals surface area contributed by atoms with E-state index in [9.17, 15) is 9.59 Å². The molecule has 3 aromatic carbocycles. The maximum absolute atomic E-state index is 13.6. The number of rotatable bonds is 4. The molecule has 1 heterocycles. The van der Waals surface area contributed by atoms with Crippen LogP contribution in [0.3, 0.4) is 0 Å². The van der Waals surface area contributed by atoms with Gasteiger partial charge in [0.25, 0.3) is 0 Å². The van der Waals surface area contributed by atoms with Crippen LogP contribution in [0.2, 0.25) is 0 Å². The molecule has 168 valence electrons. The number of carbonyl (C=O) groups excluding carboxylic acids is 2. The second-order valence-electron chi connectivity index (χ2n) is 9.80. The number of benzene rings is 3. The molecule has 2 aliphatic carbocycles. The van der Waals surface area contributed by atoms with Gasteiger partial charge in [-0.15, -0.1) is 0 Å². The Balaban J connectivity index is 1.44. The second kappa shape index (κ2) is 7.95. The van der Waals surface area contributed by atoms with Gasteiger partial charge in [-0.25, -0.2) is 0 Å². The lowest BCUT2D eigenvalue weighted by Gasteiger charge is -2.22. The van der Waals surface area contributed by atoms with Gasteiger partial charge in [0.15, 0.2) is 0 Å². The Kier molecular flexibility index (Phi) is 4.88. The summed E-state index contributed by atoms with van der Waals surface area (Å²) in [6, 6.07) is 27.0. The van der Waals surface area contributed by atoms with Gasteiger partial charge >= 0.3 is 0 Å². The van der Waals surface area contributed by atoms with Crippen LogP contribution in [0.15, 0.2) is 96.6 Å². The van der Waals surface area contributed by atoms with Gasteiger partial charge in [-0.1, -0.05) is 102 Å². The number of allylic oxidation sites excluding steroid dienone is 3. The van der Waals surface area contributed by atoms with Crippen LogP contribution in [0.4, 0.5) is 0 Å². The fraction of sp³-hybridized carbons (Fsp3) is 0.226. The largest absolute Gasteiger partial charge is 0.278 e. The Hall–Kier alpha value is -3.72. The molecule has 1 saturated carbocycles. The molecule has 4 atom stereocenters. The van der Waals surface area contributed by atoms with Crippen LogP contribution in [-0.2, 0) is 16.1 Å². The molecule has 6 rings (SSSR count). The number of likely N-dealkylation sites (tertiary alicyclic amines) is 1. The Morgan fingerprint density at radius 2 is 1.15 bits per heavy atom. The van der Waals surface area contributed by atoms with Crippen molar-refractivity contribution in [2.75, 3.05) is 0 Å². The maximum atomic E-state index is 13.6. The zero-order chi connectivity index (χ0) is 23.4. The Labute approximate surface area is 200 Å². The monoisotopic (exact) mass is 445 g/mol. The maximum Gasteiger partial charge on any atom is 0.234 e. The minimum atomic E-state index is -0.299. The molecular formula is C31H27NO2. The molecule has 3 aliphatic rings. The van der Waals surface area contributed by atoms with Gasteiger partial charge in [0.1, 0.15) is 0 Å². The van der Waals surface area contributed by atoms with E-state index in [1.54, 1.807) is 0 Å². The van der Waals surface area contributed by atoms with Crippen molar-refractivity contribution < 1.29 is 9.59 Å². The van der Waals surface area contributed by atoms with Gasteiger partial charge in [-0.3, -0.25) is 14.5 Å². The normalized spacial score (nSPS) is 24.8. The molecule has 2 bridgehead atoms. The molecule has 3 heteroatoms. The Bertz CT molecular complexity index is 1250. The van der Waals surface area contributed by atoms with E-state index in [2.05, 4.69) is 74.5 Å². The SMILES string of the molecule is Cc1ccc(C(=C2[C@H]3C=C[C@@H]2[C@@H]2C(=O)N(Cc4ccccc4)C(=O)[C@H]23)c2ccc(C)cc2)cc1. The molecule has 0 unspecified atom stereocenters. The molecule has 1 aliphatic heterocycles. The first-order valence-corrected chi connectivity index (χ1v) is 12.0. The second-order valence-corrected chi connectivity index (χ2v) is 9.80. The average Bonchev–Trinajstić information content (AvgIpc) is 3.48. The average molecular weight is 446 g/mol. The van der Waals surface area contributed by atoms with E-state index in [0.717, 1.165) is 16.7 Å². The summed E-state index contributed by atoms with van der Waals surface area (Å²) in [6.07, 6.45) is 4.33. The van der Waals surface area contributed by atoms with Gasteiger partial charge in [0.2, 0.25) is 11.8 Å². The van der Waals surface area contributed by atoms with Crippen molar-refractivity contribution in [2.24, 2.45) is 23.7 Å². The molecule has 3 nitrogen and oxygen atoms in total. The third-order valence-corrected chi connectivity index (χ3v) is 7.66. The molecule has 2 fully saturated rings. The van der Waals surface area contributed by atoms with Crippen molar-refractivity contribution in [3.05, 3.63) is 124 Å². The molecule has 0 spiro atoms. The lowest BCUT2D eigenvalue weighted by atomic mass is 9.85. The number of carbonyl (C=O) groups is 2. The zero-order valence-electron chi connectivity index (χ0n) is 19.4.